The number of nitrogens with two attached hydrogens (primary N) is 1. The Kier molecular flexibility index (Phi) is 12.7. The normalized spacial score (nSPS) is 31.0. The first-order valence-electron chi connectivity index (χ1n) is 19.2. The van der Waals surface area contributed by atoms with Crippen molar-refractivity contribution in [1.29, 1.82) is 0 Å². The fourth-order valence-electron chi connectivity index (χ4n) is 9.23. The number of anilines is 1. The highest BCUT2D eigenvalue weighted by atomic mass is 19.1. The predicted molar refractivity (Wildman–Crippen MR) is 192 cm³/mol. The molecule has 2 aromatic rings. The van der Waals surface area contributed by atoms with Crippen LogP contribution >= 0.6 is 0 Å². The number of halogens is 1. The van der Waals surface area contributed by atoms with E-state index >= 15 is 0 Å². The number of likely N-dealkylation sites (tertiary alicyclic amines) is 1. The van der Waals surface area contributed by atoms with Crippen LogP contribution in [0.1, 0.15) is 88.6 Å². The molecule has 2 amide bonds. The van der Waals surface area contributed by atoms with Crippen LogP contribution in [0.4, 0.5) is 10.1 Å². The molecule has 3 heterocycles. The summed E-state index contributed by atoms with van der Waals surface area (Å²) in [7, 11) is 1.75. The first-order chi connectivity index (χ1) is 24.6. The second-order valence-corrected chi connectivity index (χ2v) is 15.5. The van der Waals surface area contributed by atoms with Crippen molar-refractivity contribution >= 4 is 34.4 Å². The number of rotatable bonds is 12. The molecular formula is C39H57FN4O7. The zero-order valence-corrected chi connectivity index (χ0v) is 30.5. The number of hydrogen-bond donors (Lipinski definition) is 2. The lowest BCUT2D eigenvalue weighted by Crippen LogP contribution is -2.50. The van der Waals surface area contributed by atoms with Gasteiger partial charge < -0.3 is 34.6 Å². The lowest BCUT2D eigenvalue weighted by Gasteiger charge is -2.37. The molecule has 12 heteroatoms. The number of morpholine rings is 1. The van der Waals surface area contributed by atoms with Gasteiger partial charge in [-0.2, -0.15) is 0 Å². The number of nitrogens with one attached hydrogen (secondary N) is 1. The molecular weight excluding hydrogens is 655 g/mol. The largest absolute Gasteiger partial charge is 0.460 e. The number of fused-ring (bicyclic) bond motifs is 1. The summed E-state index contributed by atoms with van der Waals surface area (Å²) in [6, 6.07) is 5.88. The number of carbonyl (C=O) groups excluding carboxylic acids is 3. The van der Waals surface area contributed by atoms with E-state index in [0.29, 0.717) is 48.4 Å². The third-order valence-electron chi connectivity index (χ3n) is 11.9. The molecule has 4 aliphatic rings. The first kappa shape index (κ1) is 37.7. The van der Waals surface area contributed by atoms with Crippen LogP contribution in [0.5, 0.6) is 0 Å². The van der Waals surface area contributed by atoms with Gasteiger partial charge in [-0.15, -0.1) is 0 Å². The second kappa shape index (κ2) is 17.2. The van der Waals surface area contributed by atoms with Crippen LogP contribution < -0.4 is 11.1 Å². The molecule has 4 fully saturated rings. The second-order valence-electron chi connectivity index (χ2n) is 15.5. The first-order valence-corrected chi connectivity index (χ1v) is 19.2. The lowest BCUT2D eigenvalue weighted by molar-refractivity contribution is -0.142. The molecule has 0 bridgehead atoms. The average Bonchev–Trinajstić information content (AvgIpc) is 3.77. The quantitative estimate of drug-likeness (QED) is 0.214. The molecule has 0 spiro atoms. The van der Waals surface area contributed by atoms with E-state index in [1.165, 1.54) is 0 Å². The Morgan fingerprint density at radius 3 is 2.41 bits per heavy atom. The van der Waals surface area contributed by atoms with Crippen molar-refractivity contribution in [3.8, 4) is 0 Å². The predicted octanol–water partition coefficient (Wildman–Crippen LogP) is 5.55. The van der Waals surface area contributed by atoms with Crippen molar-refractivity contribution in [2.45, 2.75) is 108 Å². The highest BCUT2D eigenvalue weighted by molar-refractivity contribution is 6.00. The minimum absolute atomic E-state index is 0.0259. The van der Waals surface area contributed by atoms with Crippen LogP contribution in [0.15, 0.2) is 28.7 Å². The monoisotopic (exact) mass is 712 g/mol. The number of hydrogen-bond acceptors (Lipinski definition) is 9. The maximum Gasteiger partial charge on any atom is 0.374 e. The number of nitrogens with zero attached hydrogens (tertiary/aromatic N) is 2. The number of carbonyl (C=O) groups is 3. The summed E-state index contributed by atoms with van der Waals surface area (Å²) in [5.74, 6) is -0.285. The molecule has 5 atom stereocenters. The molecule has 11 nitrogen and oxygen atoms in total. The van der Waals surface area contributed by atoms with Gasteiger partial charge in [0.25, 0.3) is 0 Å². The Bertz CT molecular complexity index is 1480. The molecule has 1 aromatic heterocycles. The Labute approximate surface area is 301 Å². The molecule has 2 aliphatic carbocycles. The Balaban J connectivity index is 1.09. The van der Waals surface area contributed by atoms with E-state index in [9.17, 15) is 18.8 Å². The summed E-state index contributed by atoms with van der Waals surface area (Å²) in [4.78, 5) is 45.3. The summed E-state index contributed by atoms with van der Waals surface area (Å²) < 4.78 is 36.0. The number of alkyl halides is 1. The van der Waals surface area contributed by atoms with Gasteiger partial charge in [0.15, 0.2) is 0 Å². The van der Waals surface area contributed by atoms with Crippen molar-refractivity contribution in [3.05, 3.63) is 30.0 Å². The highest BCUT2D eigenvalue weighted by Gasteiger charge is 2.47. The smallest absolute Gasteiger partial charge is 0.374 e. The van der Waals surface area contributed by atoms with E-state index in [0.717, 1.165) is 64.6 Å². The van der Waals surface area contributed by atoms with Gasteiger partial charge in [0.05, 0.1) is 24.9 Å². The van der Waals surface area contributed by atoms with Crippen molar-refractivity contribution in [2.75, 3.05) is 51.9 Å². The van der Waals surface area contributed by atoms with Crippen molar-refractivity contribution in [2.24, 2.45) is 29.4 Å². The minimum Gasteiger partial charge on any atom is -0.460 e. The van der Waals surface area contributed by atoms with Gasteiger partial charge in [0, 0.05) is 56.3 Å². The summed E-state index contributed by atoms with van der Waals surface area (Å²) in [6.07, 6.45) is 8.73. The van der Waals surface area contributed by atoms with Crippen LogP contribution in [-0.2, 0) is 23.8 Å². The van der Waals surface area contributed by atoms with E-state index in [1.807, 2.05) is 4.90 Å². The van der Waals surface area contributed by atoms with Gasteiger partial charge in [-0.25, -0.2) is 9.18 Å². The number of ether oxygens (including phenoxy) is 3. The number of methoxy groups -OCH3 is 1. The molecule has 2 saturated heterocycles. The van der Waals surface area contributed by atoms with Crippen molar-refractivity contribution in [3.63, 3.8) is 0 Å². The van der Waals surface area contributed by atoms with Crippen LogP contribution in [0, 0.1) is 23.7 Å². The van der Waals surface area contributed by atoms with E-state index in [2.05, 4.69) is 24.1 Å². The standard InChI is InChI=1S/C39H57FN4O7/c1-24-22-43(23-25(2)50-24)16-4-18-49-39(47)35-20-29-19-30(11-14-34(29)51-35)42-37(45)36-32(26-9-12-31(48-3)13-10-26)15-17-44(36)38(46)28-7-5-27(6-8-28)33(41)21-40/h11,14,19-20,24-28,31-33,36H,4-10,12-13,15-18,21-23,41H2,1-3H3,(H,42,45)/t24-,25+,26?,27?,28?,31?,32-,33+,36-/m0/s1. The topological polar surface area (TPSA) is 137 Å². The van der Waals surface area contributed by atoms with Gasteiger partial charge in [-0.3, -0.25) is 14.5 Å². The van der Waals surface area contributed by atoms with Gasteiger partial charge in [0.1, 0.15) is 18.3 Å². The third-order valence-corrected chi connectivity index (χ3v) is 11.9. The summed E-state index contributed by atoms with van der Waals surface area (Å²) in [6.45, 7) is 6.98. The zero-order chi connectivity index (χ0) is 36.1. The van der Waals surface area contributed by atoms with Crippen molar-refractivity contribution < 1.29 is 37.4 Å². The van der Waals surface area contributed by atoms with E-state index in [-0.39, 0.29) is 60.2 Å². The maximum absolute atomic E-state index is 14.2. The third kappa shape index (κ3) is 9.12. The minimum atomic E-state index is -0.582. The summed E-state index contributed by atoms with van der Waals surface area (Å²) in [5.41, 5.74) is 7.08. The van der Waals surface area contributed by atoms with Gasteiger partial charge in [0.2, 0.25) is 17.6 Å². The fourth-order valence-corrected chi connectivity index (χ4v) is 9.23. The van der Waals surface area contributed by atoms with E-state index in [1.54, 1.807) is 31.4 Å². The number of furan rings is 1. The number of benzene rings is 1. The molecule has 1 aromatic carbocycles. The Morgan fingerprint density at radius 1 is 1.00 bits per heavy atom. The van der Waals surface area contributed by atoms with Crippen LogP contribution in [0.3, 0.4) is 0 Å². The Hall–Kier alpha value is -3.06. The van der Waals surface area contributed by atoms with Crippen molar-refractivity contribution in [1.82, 2.24) is 9.80 Å². The molecule has 2 aliphatic heterocycles. The lowest BCUT2D eigenvalue weighted by atomic mass is 9.75. The SMILES string of the molecule is COC1CCC([C@@H]2CCN(C(=O)C3CCC([C@H](N)CF)CC3)[C@@H]2C(=O)Nc2ccc3oc(C(=O)OCCCN4C[C@@H](C)O[C@@H](C)C4)cc3c2)CC1. The van der Waals surface area contributed by atoms with Crippen LogP contribution in [0.25, 0.3) is 11.0 Å². The van der Waals surface area contributed by atoms with Gasteiger partial charge in [-0.1, -0.05) is 0 Å². The molecule has 0 unspecified atom stereocenters. The Morgan fingerprint density at radius 2 is 1.73 bits per heavy atom. The van der Waals surface area contributed by atoms with Gasteiger partial charge in [-0.05, 0) is 120 Å². The molecule has 0 radical (unpaired) electrons. The maximum atomic E-state index is 14.2. The number of esters is 1. The fraction of sp³-hybridized carbons (Fsp3) is 0.718. The van der Waals surface area contributed by atoms with Crippen LogP contribution in [0.2, 0.25) is 0 Å². The zero-order valence-electron chi connectivity index (χ0n) is 30.5. The number of amides is 2. The summed E-state index contributed by atoms with van der Waals surface area (Å²) >= 11 is 0. The highest BCUT2D eigenvalue weighted by Crippen LogP contribution is 2.42. The summed E-state index contributed by atoms with van der Waals surface area (Å²) in [5, 5.41) is 3.79. The van der Waals surface area contributed by atoms with Crippen LogP contribution in [-0.4, -0.2) is 105 Å². The molecule has 282 valence electrons. The molecule has 51 heavy (non-hydrogen) atoms. The van der Waals surface area contributed by atoms with E-state index < -0.39 is 24.7 Å². The molecule has 6 rings (SSSR count). The molecule has 3 N–H and O–H groups in total. The molecule has 2 saturated carbocycles. The van der Waals surface area contributed by atoms with E-state index in [4.69, 9.17) is 24.4 Å². The average molecular weight is 713 g/mol. The van der Waals surface area contributed by atoms with Gasteiger partial charge >= 0.3 is 5.97 Å².